The highest BCUT2D eigenvalue weighted by molar-refractivity contribution is 6.09. The van der Waals surface area contributed by atoms with Crippen molar-refractivity contribution >= 4 is 40.0 Å². The maximum Gasteiger partial charge on any atom is 0.251 e. The van der Waals surface area contributed by atoms with Crippen LogP contribution >= 0.6 is 0 Å². The number of carbonyl (C=O) groups excluding carboxylic acids is 2. The number of aromatic nitrogens is 3. The van der Waals surface area contributed by atoms with Crippen LogP contribution in [0.1, 0.15) is 106 Å². The summed E-state index contributed by atoms with van der Waals surface area (Å²) in [6.07, 6.45) is 10.5. The number of imidazole rings is 1. The van der Waals surface area contributed by atoms with Crippen LogP contribution in [0.4, 0.5) is 21.6 Å². The summed E-state index contributed by atoms with van der Waals surface area (Å²) >= 11 is 0. The molecule has 2 aromatic carbocycles. The van der Waals surface area contributed by atoms with E-state index < -0.39 is 11.6 Å². The average molecular weight is 692 g/mol. The molecule has 4 aromatic rings. The average Bonchev–Trinajstić information content (AvgIpc) is 3.65. The predicted octanol–water partition coefficient (Wildman–Crippen LogP) is 7.99. The van der Waals surface area contributed by atoms with E-state index in [2.05, 4.69) is 57.0 Å². The van der Waals surface area contributed by atoms with Gasteiger partial charge in [-0.3, -0.25) is 14.5 Å². The highest BCUT2D eigenvalue weighted by Crippen LogP contribution is 2.53. The Morgan fingerprint density at radius 3 is 2.61 bits per heavy atom. The first-order chi connectivity index (χ1) is 24.7. The third-order valence-corrected chi connectivity index (χ3v) is 12.4. The van der Waals surface area contributed by atoms with Gasteiger partial charge in [-0.1, -0.05) is 44.4 Å². The van der Waals surface area contributed by atoms with Crippen molar-refractivity contribution in [2.24, 2.45) is 0 Å². The molecular weight excluding hydrogens is 641 g/mol. The molecule has 9 nitrogen and oxygen atoms in total. The van der Waals surface area contributed by atoms with Crippen molar-refractivity contribution in [2.45, 2.75) is 115 Å². The summed E-state index contributed by atoms with van der Waals surface area (Å²) in [4.78, 5) is 41.8. The molecule has 3 fully saturated rings. The van der Waals surface area contributed by atoms with Crippen molar-refractivity contribution in [3.05, 3.63) is 65.5 Å². The summed E-state index contributed by atoms with van der Waals surface area (Å²) in [5.41, 5.74) is 7.41. The van der Waals surface area contributed by atoms with Crippen LogP contribution in [-0.2, 0) is 10.2 Å². The van der Waals surface area contributed by atoms with E-state index in [0.29, 0.717) is 30.4 Å². The Labute approximate surface area is 300 Å². The Bertz CT molecular complexity index is 1980. The molecule has 2 aliphatic heterocycles. The van der Waals surface area contributed by atoms with Crippen LogP contribution in [-0.4, -0.2) is 69.6 Å². The highest BCUT2D eigenvalue weighted by Gasteiger charge is 2.54. The maximum absolute atomic E-state index is 14.6. The molecule has 0 radical (unpaired) electrons. The van der Waals surface area contributed by atoms with E-state index >= 15 is 0 Å². The van der Waals surface area contributed by atoms with Gasteiger partial charge in [-0.05, 0) is 101 Å². The number of likely N-dealkylation sites (tertiary alicyclic amines) is 1. The molecule has 2 saturated carbocycles. The van der Waals surface area contributed by atoms with Crippen molar-refractivity contribution in [1.29, 1.82) is 0 Å². The summed E-state index contributed by atoms with van der Waals surface area (Å²) in [5.74, 6) is 0.781. The molecule has 2 N–H and O–H groups in total. The molecule has 1 spiro atoms. The zero-order chi connectivity index (χ0) is 35.4. The molecule has 0 unspecified atom stereocenters. The molecule has 268 valence electrons. The number of fused-ring (bicyclic) bond motifs is 3. The van der Waals surface area contributed by atoms with E-state index in [1.54, 1.807) is 7.05 Å². The number of piperidine rings is 1. The SMILES string of the molecule is CC[C@H](C)n1cnc2cc(-c3ccc4c(c3)N(C3CC(N5CCC[C@@H](F)C5)C3)C(=O)C43CCCCC3)nc(Nc3ccc(C)c(C(=O)NC)c3)c21. The number of rotatable bonds is 8. The summed E-state index contributed by atoms with van der Waals surface area (Å²) in [6, 6.07) is 15.0. The Balaban J connectivity index is 1.19. The van der Waals surface area contributed by atoms with E-state index in [9.17, 15) is 14.0 Å². The van der Waals surface area contributed by atoms with Gasteiger partial charge in [-0.2, -0.15) is 0 Å². The summed E-state index contributed by atoms with van der Waals surface area (Å²) in [5, 5.41) is 6.30. The van der Waals surface area contributed by atoms with Crippen molar-refractivity contribution in [1.82, 2.24) is 24.8 Å². The number of benzene rings is 2. The normalized spacial score (nSPS) is 23.7. The minimum atomic E-state index is -0.746. The van der Waals surface area contributed by atoms with Crippen LogP contribution in [0.5, 0.6) is 0 Å². The monoisotopic (exact) mass is 691 g/mol. The fourth-order valence-corrected chi connectivity index (χ4v) is 9.15. The second kappa shape index (κ2) is 13.3. The van der Waals surface area contributed by atoms with Gasteiger partial charge in [0.05, 0.1) is 23.0 Å². The van der Waals surface area contributed by atoms with Crippen LogP contribution < -0.4 is 15.5 Å². The van der Waals surface area contributed by atoms with Crippen molar-refractivity contribution < 1.29 is 14.0 Å². The number of amides is 2. The highest BCUT2D eigenvalue weighted by atomic mass is 19.1. The Hall–Kier alpha value is -4.31. The fourth-order valence-electron chi connectivity index (χ4n) is 9.15. The summed E-state index contributed by atoms with van der Waals surface area (Å²) in [6.45, 7) is 7.73. The Morgan fingerprint density at radius 1 is 1.06 bits per heavy atom. The third-order valence-electron chi connectivity index (χ3n) is 12.4. The first-order valence-corrected chi connectivity index (χ1v) is 19.0. The molecule has 1 saturated heterocycles. The fraction of sp³-hybridized carbons (Fsp3) is 0.512. The second-order valence-electron chi connectivity index (χ2n) is 15.4. The lowest BCUT2D eigenvalue weighted by molar-refractivity contribution is -0.125. The maximum atomic E-state index is 14.6. The first-order valence-electron chi connectivity index (χ1n) is 19.0. The Morgan fingerprint density at radius 2 is 1.86 bits per heavy atom. The third kappa shape index (κ3) is 5.79. The van der Waals surface area contributed by atoms with Crippen LogP contribution in [0.2, 0.25) is 0 Å². The first kappa shape index (κ1) is 33.8. The van der Waals surface area contributed by atoms with Crippen molar-refractivity contribution in [2.75, 3.05) is 30.4 Å². The smallest absolute Gasteiger partial charge is 0.251 e. The second-order valence-corrected chi connectivity index (χ2v) is 15.4. The molecule has 2 aromatic heterocycles. The van der Waals surface area contributed by atoms with Crippen LogP contribution in [0.15, 0.2) is 48.8 Å². The van der Waals surface area contributed by atoms with Gasteiger partial charge in [0.1, 0.15) is 11.7 Å². The molecule has 2 aliphatic carbocycles. The van der Waals surface area contributed by atoms with Crippen LogP contribution in [0.25, 0.3) is 22.3 Å². The standard InChI is InChI=1S/C41H50FN7O2/c1-5-26(3)48-24-44-35-22-34(46-38(37(35)48)45-29-13-11-25(2)32(19-29)39(50)43-4)27-12-14-33-36(18-27)49(40(51)41(33)15-7-6-8-16-41)31-20-30(21-31)47-17-9-10-28(42)23-47/h11-14,18-19,22,24,26,28,30-31H,5-10,15-17,20-21,23H2,1-4H3,(H,43,50)(H,45,46)/t26-,28+,30?,31?/m0/s1. The lowest BCUT2D eigenvalue weighted by atomic mass is 9.70. The lowest BCUT2D eigenvalue weighted by Crippen LogP contribution is -2.58. The van der Waals surface area contributed by atoms with Gasteiger partial charge in [-0.15, -0.1) is 0 Å². The molecule has 8 rings (SSSR count). The number of hydrogen-bond acceptors (Lipinski definition) is 6. The van der Waals surface area contributed by atoms with Gasteiger partial charge >= 0.3 is 0 Å². The van der Waals surface area contributed by atoms with Gasteiger partial charge in [-0.25, -0.2) is 14.4 Å². The molecule has 0 bridgehead atoms. The summed E-state index contributed by atoms with van der Waals surface area (Å²) < 4.78 is 16.5. The zero-order valence-corrected chi connectivity index (χ0v) is 30.3. The van der Waals surface area contributed by atoms with Crippen molar-refractivity contribution in [3.63, 3.8) is 0 Å². The van der Waals surface area contributed by atoms with Gasteiger partial charge in [0.2, 0.25) is 5.91 Å². The minimum Gasteiger partial charge on any atom is -0.355 e. The number of nitrogens with zero attached hydrogens (tertiary/aromatic N) is 5. The number of nitrogens with one attached hydrogen (secondary N) is 2. The quantitative estimate of drug-likeness (QED) is 0.195. The van der Waals surface area contributed by atoms with E-state index in [-0.39, 0.29) is 23.9 Å². The van der Waals surface area contributed by atoms with Crippen LogP contribution in [0.3, 0.4) is 0 Å². The van der Waals surface area contributed by atoms with E-state index in [1.165, 1.54) is 6.42 Å². The number of pyridine rings is 1. The molecule has 4 aliphatic rings. The molecule has 51 heavy (non-hydrogen) atoms. The molecule has 2 amide bonds. The van der Waals surface area contributed by atoms with E-state index in [4.69, 9.17) is 9.97 Å². The van der Waals surface area contributed by atoms with Gasteiger partial charge in [0, 0.05) is 54.2 Å². The zero-order valence-electron chi connectivity index (χ0n) is 30.3. The molecule has 2 atom stereocenters. The topological polar surface area (TPSA) is 95.4 Å². The van der Waals surface area contributed by atoms with E-state index in [0.717, 1.165) is 103 Å². The predicted molar refractivity (Wildman–Crippen MR) is 201 cm³/mol. The molecule has 10 heteroatoms. The van der Waals surface area contributed by atoms with E-state index in [1.807, 2.05) is 37.5 Å². The largest absolute Gasteiger partial charge is 0.355 e. The lowest BCUT2D eigenvalue weighted by Gasteiger charge is -2.48. The molecular formula is C41H50FN7O2. The number of carbonyl (C=O) groups is 2. The van der Waals surface area contributed by atoms with Gasteiger partial charge in [0.25, 0.3) is 5.91 Å². The van der Waals surface area contributed by atoms with Gasteiger partial charge < -0.3 is 20.1 Å². The number of halogens is 1. The summed E-state index contributed by atoms with van der Waals surface area (Å²) in [7, 11) is 1.64. The van der Waals surface area contributed by atoms with Crippen LogP contribution in [0, 0.1) is 6.92 Å². The Kier molecular flexibility index (Phi) is 8.85. The number of aryl methyl sites for hydroxylation is 1. The number of anilines is 3. The minimum absolute atomic E-state index is 0.118. The van der Waals surface area contributed by atoms with Crippen molar-refractivity contribution in [3.8, 4) is 11.3 Å². The molecule has 4 heterocycles. The number of hydrogen-bond donors (Lipinski definition) is 2. The van der Waals surface area contributed by atoms with Gasteiger partial charge in [0.15, 0.2) is 5.82 Å². The number of alkyl halides is 1.